The van der Waals surface area contributed by atoms with Crippen molar-refractivity contribution in [2.45, 2.75) is 0 Å². The van der Waals surface area contributed by atoms with Gasteiger partial charge in [-0.3, -0.25) is 0 Å². The predicted molar refractivity (Wildman–Crippen MR) is 84.2 cm³/mol. The van der Waals surface area contributed by atoms with Crippen LogP contribution in [0.15, 0.2) is 36.4 Å². The third-order valence-corrected chi connectivity index (χ3v) is 3.03. The van der Waals surface area contributed by atoms with Crippen LogP contribution in [0.4, 0.5) is 20.2 Å². The molecule has 0 saturated heterocycles. The first-order chi connectivity index (χ1) is 9.99. The van der Waals surface area contributed by atoms with Gasteiger partial charge in [0.2, 0.25) is 0 Å². The van der Waals surface area contributed by atoms with Crippen LogP contribution in [0.5, 0.6) is 5.75 Å². The van der Waals surface area contributed by atoms with Crippen molar-refractivity contribution in [2.75, 3.05) is 17.7 Å². The molecule has 2 aromatic rings. The van der Waals surface area contributed by atoms with Gasteiger partial charge in [0.05, 0.1) is 12.8 Å². The molecule has 0 aliphatic heterocycles. The van der Waals surface area contributed by atoms with Gasteiger partial charge >= 0.3 is 0 Å². The zero-order valence-corrected chi connectivity index (χ0v) is 12.5. The predicted octanol–water partition coefficient (Wildman–Crippen LogP) is 4.44. The molecular formula is C14H11ClF2N2OS. The number of hydrogen-bond donors (Lipinski definition) is 2. The highest BCUT2D eigenvalue weighted by molar-refractivity contribution is 7.80. The molecule has 21 heavy (non-hydrogen) atoms. The third kappa shape index (κ3) is 4.03. The average molecular weight is 329 g/mol. The second kappa shape index (κ2) is 6.69. The van der Waals surface area contributed by atoms with E-state index in [1.54, 1.807) is 6.07 Å². The summed E-state index contributed by atoms with van der Waals surface area (Å²) < 4.78 is 31.9. The average Bonchev–Trinajstić information content (AvgIpc) is 2.43. The van der Waals surface area contributed by atoms with E-state index in [1.807, 2.05) is 0 Å². The number of hydrogen-bond acceptors (Lipinski definition) is 2. The minimum absolute atomic E-state index is 0.112. The van der Waals surface area contributed by atoms with Crippen LogP contribution in [-0.2, 0) is 0 Å². The number of thiocarbonyl (C=S) groups is 1. The highest BCUT2D eigenvalue weighted by atomic mass is 35.5. The van der Waals surface area contributed by atoms with E-state index >= 15 is 0 Å². The Morgan fingerprint density at radius 1 is 1.10 bits per heavy atom. The van der Waals surface area contributed by atoms with E-state index in [1.165, 1.54) is 37.4 Å². The smallest absolute Gasteiger partial charge is 0.175 e. The van der Waals surface area contributed by atoms with Gasteiger partial charge in [0.15, 0.2) is 16.7 Å². The molecule has 0 amide bonds. The maximum Gasteiger partial charge on any atom is 0.175 e. The SMILES string of the molecule is COc1ccc(NC(=S)Nc2cc(Cl)ccc2F)cc1F. The molecule has 3 nitrogen and oxygen atoms in total. The van der Waals surface area contributed by atoms with Crippen LogP contribution < -0.4 is 15.4 Å². The van der Waals surface area contributed by atoms with Crippen LogP contribution in [0, 0.1) is 11.6 Å². The van der Waals surface area contributed by atoms with Gasteiger partial charge < -0.3 is 15.4 Å². The summed E-state index contributed by atoms with van der Waals surface area (Å²) in [5, 5.41) is 5.88. The molecule has 0 saturated carbocycles. The maximum atomic E-state index is 13.5. The summed E-state index contributed by atoms with van der Waals surface area (Å²) in [6.45, 7) is 0. The van der Waals surface area contributed by atoms with E-state index in [9.17, 15) is 8.78 Å². The molecule has 0 spiro atoms. The first kappa shape index (κ1) is 15.5. The lowest BCUT2D eigenvalue weighted by atomic mass is 10.3. The second-order valence-corrected chi connectivity index (χ2v) is 4.90. The van der Waals surface area contributed by atoms with Crippen molar-refractivity contribution < 1.29 is 13.5 Å². The Balaban J connectivity index is 2.08. The standard InChI is InChI=1S/C14H11ClF2N2OS/c1-20-13-5-3-9(7-11(13)17)18-14(21)19-12-6-8(15)2-4-10(12)16/h2-7H,1H3,(H2,18,19,21). The minimum Gasteiger partial charge on any atom is -0.494 e. The Hall–Kier alpha value is -1.92. The Morgan fingerprint density at radius 3 is 2.52 bits per heavy atom. The molecular weight excluding hydrogens is 318 g/mol. The van der Waals surface area contributed by atoms with Gasteiger partial charge in [-0.1, -0.05) is 11.6 Å². The lowest BCUT2D eigenvalue weighted by Crippen LogP contribution is -2.19. The number of ether oxygens (including phenoxy) is 1. The molecule has 7 heteroatoms. The van der Waals surface area contributed by atoms with Gasteiger partial charge in [0.1, 0.15) is 5.82 Å². The van der Waals surface area contributed by atoms with E-state index in [4.69, 9.17) is 28.6 Å². The topological polar surface area (TPSA) is 33.3 Å². The van der Waals surface area contributed by atoms with Crippen LogP contribution in [0.2, 0.25) is 5.02 Å². The van der Waals surface area contributed by atoms with E-state index < -0.39 is 11.6 Å². The van der Waals surface area contributed by atoms with Gasteiger partial charge in [0, 0.05) is 16.8 Å². The highest BCUT2D eigenvalue weighted by Crippen LogP contribution is 2.22. The normalized spacial score (nSPS) is 10.1. The van der Waals surface area contributed by atoms with E-state index in [0.29, 0.717) is 10.7 Å². The number of benzene rings is 2. The van der Waals surface area contributed by atoms with Crippen molar-refractivity contribution in [2.24, 2.45) is 0 Å². The van der Waals surface area contributed by atoms with Crippen LogP contribution in [0.1, 0.15) is 0 Å². The molecule has 0 unspecified atom stereocenters. The molecule has 0 aliphatic rings. The van der Waals surface area contributed by atoms with Crippen molar-refractivity contribution in [1.29, 1.82) is 0 Å². The Labute approximate surface area is 130 Å². The summed E-state index contributed by atoms with van der Waals surface area (Å²) in [7, 11) is 1.37. The van der Waals surface area contributed by atoms with Crippen molar-refractivity contribution in [3.63, 3.8) is 0 Å². The van der Waals surface area contributed by atoms with E-state index in [-0.39, 0.29) is 16.5 Å². The lowest BCUT2D eigenvalue weighted by molar-refractivity contribution is 0.387. The summed E-state index contributed by atoms with van der Waals surface area (Å²) in [6, 6.07) is 8.32. The largest absolute Gasteiger partial charge is 0.494 e. The second-order valence-electron chi connectivity index (χ2n) is 4.05. The Kier molecular flexibility index (Phi) is 4.93. The number of anilines is 2. The van der Waals surface area contributed by atoms with E-state index in [0.717, 1.165) is 0 Å². The van der Waals surface area contributed by atoms with Gasteiger partial charge in [0.25, 0.3) is 0 Å². The highest BCUT2D eigenvalue weighted by Gasteiger charge is 2.07. The summed E-state index contributed by atoms with van der Waals surface area (Å²) in [5.41, 5.74) is 0.544. The number of rotatable bonds is 3. The Morgan fingerprint density at radius 2 is 1.86 bits per heavy atom. The lowest BCUT2D eigenvalue weighted by Gasteiger charge is -2.12. The fraction of sp³-hybridized carbons (Fsp3) is 0.0714. The molecule has 0 radical (unpaired) electrons. The molecule has 0 aliphatic carbocycles. The maximum absolute atomic E-state index is 13.5. The zero-order valence-electron chi connectivity index (χ0n) is 10.9. The molecule has 0 fully saturated rings. The monoisotopic (exact) mass is 328 g/mol. The third-order valence-electron chi connectivity index (χ3n) is 2.59. The van der Waals surface area contributed by atoms with Crippen LogP contribution >= 0.6 is 23.8 Å². The first-order valence-corrected chi connectivity index (χ1v) is 6.65. The molecule has 0 bridgehead atoms. The van der Waals surface area contributed by atoms with Gasteiger partial charge in [-0.2, -0.15) is 0 Å². The van der Waals surface area contributed by atoms with Crippen LogP contribution in [-0.4, -0.2) is 12.2 Å². The fourth-order valence-corrected chi connectivity index (χ4v) is 2.02. The minimum atomic E-state index is -0.528. The van der Waals surface area contributed by atoms with Crippen molar-refractivity contribution in [1.82, 2.24) is 0 Å². The van der Waals surface area contributed by atoms with Crippen molar-refractivity contribution in [3.05, 3.63) is 53.1 Å². The van der Waals surface area contributed by atoms with E-state index in [2.05, 4.69) is 10.6 Å². The molecule has 0 aromatic heterocycles. The van der Waals surface area contributed by atoms with Crippen molar-refractivity contribution in [3.8, 4) is 5.75 Å². The van der Waals surface area contributed by atoms with Gasteiger partial charge in [-0.05, 0) is 42.5 Å². The quantitative estimate of drug-likeness (QED) is 0.816. The number of halogens is 3. The van der Waals surface area contributed by atoms with Crippen LogP contribution in [0.3, 0.4) is 0 Å². The molecule has 2 rings (SSSR count). The Bertz CT molecular complexity index is 682. The fourth-order valence-electron chi connectivity index (χ4n) is 1.62. The molecule has 2 aromatic carbocycles. The number of nitrogens with one attached hydrogen (secondary N) is 2. The molecule has 110 valence electrons. The molecule has 0 atom stereocenters. The molecule has 2 N–H and O–H groups in total. The summed E-state index contributed by atoms with van der Waals surface area (Å²) >= 11 is 10.8. The van der Waals surface area contributed by atoms with Crippen LogP contribution in [0.25, 0.3) is 0 Å². The van der Waals surface area contributed by atoms with Gasteiger partial charge in [-0.25, -0.2) is 8.78 Å². The van der Waals surface area contributed by atoms with Gasteiger partial charge in [-0.15, -0.1) is 0 Å². The summed E-state index contributed by atoms with van der Waals surface area (Å²) in [4.78, 5) is 0. The number of methoxy groups -OCH3 is 1. The zero-order chi connectivity index (χ0) is 15.4. The molecule has 0 heterocycles. The summed E-state index contributed by atoms with van der Waals surface area (Å²) in [6.07, 6.45) is 0. The van der Waals surface area contributed by atoms with Crippen molar-refractivity contribution >= 4 is 40.3 Å². The first-order valence-electron chi connectivity index (χ1n) is 5.86. The summed E-state index contributed by atoms with van der Waals surface area (Å²) in [5.74, 6) is -0.899.